The SMILES string of the molecule is CC1(C)c2cc(-c3cccc(-c4ccc5ccc6ccc(-c7ccc(-c8ccc9nc(-c%10cccc(-c%11cccnc%11)c%10)nc(-c%10ccccc%10)c9c8)cc7)nc6c5n4)c3)ccc2-c2ccc(-c3cc(-c4cccc(-c5ccc6nc(-c7ccc8ccccc8n7)nc(-c7ccccc7)c6c5)c4)nc4c3ccc3ccc(-c5ccc(-c6ccc7c8c(cccc68)-c6ccccc6-7)cc5)nc34)cc21. The van der Waals surface area contributed by atoms with E-state index >= 15 is 0 Å². The Kier molecular flexibility index (Phi) is 18.1. The molecule has 0 aliphatic heterocycles. The van der Waals surface area contributed by atoms with Gasteiger partial charge < -0.3 is 0 Å². The summed E-state index contributed by atoms with van der Waals surface area (Å²) in [4.78, 5) is 52.8. The average Bonchev–Trinajstić information content (AvgIpc) is 1.50. The summed E-state index contributed by atoms with van der Waals surface area (Å²) in [5.74, 6) is 1.24. The highest BCUT2D eigenvalue weighted by molar-refractivity contribution is 6.19. The molecule has 0 saturated heterocycles. The summed E-state index contributed by atoms with van der Waals surface area (Å²) in [6.07, 6.45) is 3.68. The van der Waals surface area contributed by atoms with E-state index in [0.717, 1.165) is 216 Å². The molecule has 25 aromatic rings. The van der Waals surface area contributed by atoms with Crippen LogP contribution in [0.4, 0.5) is 0 Å². The Hall–Kier alpha value is -18.1. The molecule has 0 bridgehead atoms. The molecule has 0 N–H and O–H groups in total. The number of nitrogens with zero attached hydrogens (tertiary/aromatic N) is 10. The second kappa shape index (κ2) is 31.6. The Morgan fingerprint density at radius 3 is 1.26 bits per heavy atom. The maximum absolute atomic E-state index is 5.78. The second-order valence-electron chi connectivity index (χ2n) is 36.5. The van der Waals surface area contributed by atoms with Gasteiger partial charge in [-0.25, -0.2) is 44.9 Å². The van der Waals surface area contributed by atoms with E-state index in [1.54, 1.807) is 6.20 Å². The minimum atomic E-state index is -0.384. The summed E-state index contributed by atoms with van der Waals surface area (Å²) in [7, 11) is 0. The maximum Gasteiger partial charge on any atom is 0.179 e. The lowest BCUT2D eigenvalue weighted by molar-refractivity contribution is 0.661. The van der Waals surface area contributed by atoms with Gasteiger partial charge in [0, 0.05) is 100 Å². The van der Waals surface area contributed by atoms with Crippen molar-refractivity contribution in [1.29, 1.82) is 0 Å². The summed E-state index contributed by atoms with van der Waals surface area (Å²) in [6, 6.07) is 152. The molecule has 27 rings (SSSR count). The van der Waals surface area contributed by atoms with Gasteiger partial charge in [-0.15, -0.1) is 0 Å². The zero-order valence-corrected chi connectivity index (χ0v) is 74.5. The molecule has 10 heteroatoms. The first-order valence-corrected chi connectivity index (χ1v) is 46.5. The molecule has 8 aromatic heterocycles. The van der Waals surface area contributed by atoms with Crippen molar-refractivity contribution in [1.82, 2.24) is 49.8 Å². The van der Waals surface area contributed by atoms with Crippen molar-refractivity contribution in [3.8, 4) is 191 Å². The van der Waals surface area contributed by atoms with E-state index in [9.17, 15) is 0 Å². The zero-order valence-electron chi connectivity index (χ0n) is 74.5. The molecule has 0 fully saturated rings. The van der Waals surface area contributed by atoms with Crippen molar-refractivity contribution in [3.05, 3.63) is 448 Å². The van der Waals surface area contributed by atoms with E-state index in [1.807, 2.05) is 48.7 Å². The molecule has 0 saturated carbocycles. The molecule has 0 atom stereocenters. The Morgan fingerprint density at radius 1 is 0.182 bits per heavy atom. The van der Waals surface area contributed by atoms with Crippen molar-refractivity contribution in [3.63, 3.8) is 0 Å². The summed E-state index contributed by atoms with van der Waals surface area (Å²) in [6.45, 7) is 4.76. The first kappa shape index (κ1) is 78.7. The molecule has 0 unspecified atom stereocenters. The lowest BCUT2D eigenvalue weighted by Crippen LogP contribution is -2.15. The monoisotopic (exact) mass is 1740 g/mol. The van der Waals surface area contributed by atoms with Crippen LogP contribution in [0.1, 0.15) is 25.0 Å². The molecule has 0 radical (unpaired) electrons. The molecule has 0 amide bonds. The Balaban J connectivity index is 0.512. The van der Waals surface area contributed by atoms with Crippen LogP contribution in [0.5, 0.6) is 0 Å². The van der Waals surface area contributed by atoms with Crippen LogP contribution in [0.25, 0.3) is 278 Å². The van der Waals surface area contributed by atoms with Crippen LogP contribution in [-0.4, -0.2) is 49.8 Å². The van der Waals surface area contributed by atoms with Crippen LogP contribution in [0.15, 0.2) is 437 Å². The number of pyridine rings is 6. The van der Waals surface area contributed by atoms with E-state index in [0.29, 0.717) is 11.6 Å². The fraction of sp³-hybridized carbons (Fsp3) is 0.0236. The number of para-hydroxylation sites is 1. The Labute approximate surface area is 789 Å². The second-order valence-corrected chi connectivity index (χ2v) is 36.5. The van der Waals surface area contributed by atoms with E-state index in [2.05, 4.69) is 401 Å². The molecule has 0 spiro atoms. The molecule has 17 aromatic carbocycles. The van der Waals surface area contributed by atoms with Gasteiger partial charge in [-0.1, -0.05) is 341 Å². The molecule has 2 aliphatic carbocycles. The zero-order chi connectivity index (χ0) is 90.5. The van der Waals surface area contributed by atoms with Gasteiger partial charge in [-0.3, -0.25) is 4.98 Å². The normalized spacial score (nSPS) is 12.4. The van der Waals surface area contributed by atoms with Crippen molar-refractivity contribution in [2.75, 3.05) is 0 Å². The van der Waals surface area contributed by atoms with E-state index in [4.69, 9.17) is 44.9 Å². The first-order valence-electron chi connectivity index (χ1n) is 46.5. The average molecular weight is 1740 g/mol. The van der Waals surface area contributed by atoms with Gasteiger partial charge >= 0.3 is 0 Å². The molecule has 137 heavy (non-hydrogen) atoms. The summed E-state index contributed by atoms with van der Waals surface area (Å²) < 4.78 is 0. The highest BCUT2D eigenvalue weighted by Gasteiger charge is 2.37. The van der Waals surface area contributed by atoms with Gasteiger partial charge in [-0.05, 0) is 214 Å². The minimum absolute atomic E-state index is 0.384. The predicted molar refractivity (Wildman–Crippen MR) is 563 cm³/mol. The van der Waals surface area contributed by atoms with Crippen molar-refractivity contribution in [2.45, 2.75) is 19.3 Å². The number of rotatable bonds is 14. The number of hydrogen-bond donors (Lipinski definition) is 0. The van der Waals surface area contributed by atoms with Crippen molar-refractivity contribution < 1.29 is 0 Å². The minimum Gasteiger partial charge on any atom is -0.264 e. The molecule has 10 nitrogen and oxygen atoms in total. The number of benzene rings is 17. The standard InChI is InChI=1S/C127H78N10/c1-127(2)108-71-90(86-24-13-26-92(66-86)113-61-51-83-44-43-82-49-59-111(130-121(82)122(83)132-113)78-39-35-75(36-40-78)88-52-62-114-106(69-88)119(80-19-5-3-6-20-80)136-125(134-114)94-28-15-25-87(68-94)95-29-17-65-128-74-95)46-54-99(108)100-55-47-91(72-109(100)127)105-73-117(93-27-14-23-85(67-93)89-53-63-115-107(70-89)120(81-21-7-4-8-22-81)137-126(135-115)116-64-48-77-18-9-12-34-110(77)129-116)133-124-104(105)56-45-84-50-60-112(131-123(84)124)79-41-37-76(38-42-79)96-57-58-103-98-31-11-10-30-97(98)102-33-16-32-101(96)118(102)103/h3-74H,1-2H3. The number of hydrogen-bond acceptors (Lipinski definition) is 10. The fourth-order valence-electron chi connectivity index (χ4n) is 21.1. The quantitative estimate of drug-likeness (QED) is 0.0971. The lowest BCUT2D eigenvalue weighted by atomic mass is 9.80. The number of fused-ring (bicyclic) bond motifs is 15. The van der Waals surface area contributed by atoms with Gasteiger partial charge in [0.2, 0.25) is 0 Å². The largest absolute Gasteiger partial charge is 0.264 e. The van der Waals surface area contributed by atoms with Gasteiger partial charge in [0.15, 0.2) is 11.6 Å². The number of aromatic nitrogens is 10. The third-order valence-electron chi connectivity index (χ3n) is 28.1. The highest BCUT2D eigenvalue weighted by atomic mass is 14.9. The van der Waals surface area contributed by atoms with Gasteiger partial charge in [0.25, 0.3) is 0 Å². The molecule has 8 heterocycles. The Morgan fingerprint density at radius 2 is 0.606 bits per heavy atom. The van der Waals surface area contributed by atoms with E-state index < -0.39 is 0 Å². The van der Waals surface area contributed by atoms with Crippen LogP contribution in [0, 0.1) is 0 Å². The van der Waals surface area contributed by atoms with Crippen LogP contribution in [0.3, 0.4) is 0 Å². The van der Waals surface area contributed by atoms with Crippen molar-refractivity contribution in [2.24, 2.45) is 0 Å². The summed E-state index contributed by atoms with van der Waals surface area (Å²) in [5, 5.41) is 9.63. The van der Waals surface area contributed by atoms with Crippen LogP contribution in [0.2, 0.25) is 0 Å². The lowest BCUT2D eigenvalue weighted by Gasteiger charge is -2.23. The van der Waals surface area contributed by atoms with Crippen LogP contribution >= 0.6 is 0 Å². The van der Waals surface area contributed by atoms with Gasteiger partial charge in [-0.2, -0.15) is 0 Å². The third kappa shape index (κ3) is 13.5. The molecule has 636 valence electrons. The topological polar surface area (TPSA) is 129 Å². The summed E-state index contributed by atoms with van der Waals surface area (Å²) >= 11 is 0. The Bertz CT molecular complexity index is 9340. The van der Waals surface area contributed by atoms with Gasteiger partial charge in [0.1, 0.15) is 5.69 Å². The predicted octanol–water partition coefficient (Wildman–Crippen LogP) is 32.2. The van der Waals surface area contributed by atoms with Crippen LogP contribution < -0.4 is 0 Å². The first-order chi connectivity index (χ1) is 67.6. The third-order valence-corrected chi connectivity index (χ3v) is 28.1. The van der Waals surface area contributed by atoms with E-state index in [-0.39, 0.29) is 5.41 Å². The molecule has 2 aliphatic rings. The van der Waals surface area contributed by atoms with E-state index in [1.165, 1.54) is 60.8 Å². The highest BCUT2D eigenvalue weighted by Crippen LogP contribution is 2.54. The maximum atomic E-state index is 5.78. The van der Waals surface area contributed by atoms with Crippen molar-refractivity contribution >= 4 is 87.1 Å². The van der Waals surface area contributed by atoms with Crippen LogP contribution in [-0.2, 0) is 5.41 Å². The van der Waals surface area contributed by atoms with Gasteiger partial charge in [0.05, 0.1) is 72.8 Å². The molecular weight excluding hydrogens is 1670 g/mol. The molecular formula is C127H78N10. The summed E-state index contributed by atoms with van der Waals surface area (Å²) in [5.41, 5.74) is 41.8. The fourth-order valence-corrected chi connectivity index (χ4v) is 21.1. The smallest absolute Gasteiger partial charge is 0.179 e.